The Balaban J connectivity index is 1.63. The topological polar surface area (TPSA) is 37.4 Å². The molecule has 3 aromatic carbocycles. The molecule has 0 aromatic heterocycles. The molecule has 3 nitrogen and oxygen atoms in total. The zero-order chi connectivity index (χ0) is 20.7. The summed E-state index contributed by atoms with van der Waals surface area (Å²) in [5, 5.41) is 0. The largest absolute Gasteiger partial charge is 0.274 e. The standard InChI is InChI=1S/C26H20INO2/c27-19-11-13-20(14-12-19)28-25(29)23-21(17-7-3-1-4-8-17)15-16-22(24(23)26(28)30)18-9-5-2-6-10-18/h1-16,21-24H. The number of amides is 2. The van der Waals surface area contributed by atoms with Gasteiger partial charge in [0, 0.05) is 15.4 Å². The number of rotatable bonds is 3. The number of benzene rings is 3. The smallest absolute Gasteiger partial charge is 0.238 e. The molecule has 148 valence electrons. The van der Waals surface area contributed by atoms with E-state index in [1.165, 1.54) is 4.90 Å². The molecule has 0 radical (unpaired) electrons. The molecule has 1 fully saturated rings. The third kappa shape index (κ3) is 3.19. The van der Waals surface area contributed by atoms with Crippen molar-refractivity contribution < 1.29 is 9.59 Å². The molecule has 30 heavy (non-hydrogen) atoms. The van der Waals surface area contributed by atoms with Gasteiger partial charge in [-0.05, 0) is 58.0 Å². The number of anilines is 1. The number of allylic oxidation sites excluding steroid dienone is 2. The lowest BCUT2D eigenvalue weighted by atomic mass is 9.68. The Kier molecular flexibility index (Phi) is 5.03. The van der Waals surface area contributed by atoms with Crippen LogP contribution in [0.25, 0.3) is 0 Å². The predicted octanol–water partition coefficient (Wildman–Crippen LogP) is 5.53. The zero-order valence-electron chi connectivity index (χ0n) is 16.2. The monoisotopic (exact) mass is 505 g/mol. The van der Waals surface area contributed by atoms with Gasteiger partial charge >= 0.3 is 0 Å². The predicted molar refractivity (Wildman–Crippen MR) is 126 cm³/mol. The average Bonchev–Trinajstić information content (AvgIpc) is 3.06. The Morgan fingerprint density at radius 2 is 1.03 bits per heavy atom. The number of halogens is 1. The Hall–Kier alpha value is -2.73. The quantitative estimate of drug-likeness (QED) is 0.267. The van der Waals surface area contributed by atoms with Crippen molar-refractivity contribution >= 4 is 40.1 Å². The van der Waals surface area contributed by atoms with Gasteiger partial charge in [-0.2, -0.15) is 0 Å². The maximum atomic E-state index is 13.7. The van der Waals surface area contributed by atoms with Gasteiger partial charge in [0.15, 0.2) is 0 Å². The van der Waals surface area contributed by atoms with Crippen molar-refractivity contribution in [2.24, 2.45) is 11.8 Å². The van der Waals surface area contributed by atoms with Crippen LogP contribution in [0.15, 0.2) is 97.1 Å². The van der Waals surface area contributed by atoms with Crippen LogP contribution in [0.5, 0.6) is 0 Å². The molecule has 1 saturated heterocycles. The van der Waals surface area contributed by atoms with Gasteiger partial charge in [-0.3, -0.25) is 9.59 Å². The minimum Gasteiger partial charge on any atom is -0.274 e. The fraction of sp³-hybridized carbons (Fsp3) is 0.154. The summed E-state index contributed by atoms with van der Waals surface area (Å²) < 4.78 is 1.07. The fourth-order valence-electron chi connectivity index (χ4n) is 4.78. The Labute approximate surface area is 189 Å². The second kappa shape index (κ2) is 7.84. The van der Waals surface area contributed by atoms with Crippen LogP contribution in [0.3, 0.4) is 0 Å². The number of carbonyl (C=O) groups is 2. The lowest BCUT2D eigenvalue weighted by Gasteiger charge is -2.32. The van der Waals surface area contributed by atoms with Gasteiger partial charge in [0.25, 0.3) is 0 Å². The first kappa shape index (κ1) is 19.2. The first-order valence-corrected chi connectivity index (χ1v) is 11.1. The molecule has 3 aromatic rings. The maximum absolute atomic E-state index is 13.7. The highest BCUT2D eigenvalue weighted by Crippen LogP contribution is 2.50. The molecule has 1 aliphatic heterocycles. The molecule has 2 aliphatic rings. The molecule has 4 heteroatoms. The van der Waals surface area contributed by atoms with Crippen molar-refractivity contribution in [2.45, 2.75) is 11.8 Å². The molecule has 4 atom stereocenters. The van der Waals surface area contributed by atoms with Crippen molar-refractivity contribution in [1.29, 1.82) is 0 Å². The van der Waals surface area contributed by atoms with E-state index in [1.54, 1.807) is 0 Å². The van der Waals surface area contributed by atoms with Crippen LogP contribution in [0.2, 0.25) is 0 Å². The van der Waals surface area contributed by atoms with E-state index in [0.717, 1.165) is 14.7 Å². The molecule has 0 bridgehead atoms. The van der Waals surface area contributed by atoms with Crippen molar-refractivity contribution in [3.8, 4) is 0 Å². The average molecular weight is 505 g/mol. The highest BCUT2D eigenvalue weighted by Gasteiger charge is 2.55. The van der Waals surface area contributed by atoms with E-state index < -0.39 is 11.8 Å². The van der Waals surface area contributed by atoms with E-state index in [-0.39, 0.29) is 23.7 Å². The van der Waals surface area contributed by atoms with Crippen LogP contribution in [0, 0.1) is 15.4 Å². The molecule has 0 saturated carbocycles. The van der Waals surface area contributed by atoms with Gasteiger partial charge in [0.05, 0.1) is 17.5 Å². The first-order valence-electron chi connectivity index (χ1n) is 10.1. The Morgan fingerprint density at radius 3 is 1.47 bits per heavy atom. The van der Waals surface area contributed by atoms with Crippen molar-refractivity contribution in [2.75, 3.05) is 4.90 Å². The van der Waals surface area contributed by atoms with Crippen molar-refractivity contribution in [3.05, 3.63) is 112 Å². The van der Waals surface area contributed by atoms with E-state index in [9.17, 15) is 9.59 Å². The molecular formula is C26H20INO2. The Bertz CT molecular complexity index is 1040. The van der Waals surface area contributed by atoms with Gasteiger partial charge in [-0.25, -0.2) is 4.90 Å². The first-order chi connectivity index (χ1) is 14.6. The van der Waals surface area contributed by atoms with Gasteiger partial charge in [0.1, 0.15) is 0 Å². The van der Waals surface area contributed by atoms with Crippen LogP contribution in [0.4, 0.5) is 5.69 Å². The van der Waals surface area contributed by atoms with E-state index in [2.05, 4.69) is 34.7 Å². The normalized spacial score (nSPS) is 25.4. The lowest BCUT2D eigenvalue weighted by molar-refractivity contribution is -0.122. The Morgan fingerprint density at radius 1 is 0.600 bits per heavy atom. The SMILES string of the molecule is O=C1C2C(c3ccccc3)C=CC(c3ccccc3)C2C(=O)N1c1ccc(I)cc1. The number of hydrogen-bond donors (Lipinski definition) is 0. The lowest BCUT2D eigenvalue weighted by Crippen LogP contribution is -2.31. The summed E-state index contributed by atoms with van der Waals surface area (Å²) >= 11 is 2.23. The highest BCUT2D eigenvalue weighted by molar-refractivity contribution is 14.1. The number of nitrogens with zero attached hydrogens (tertiary/aromatic N) is 1. The third-order valence-corrected chi connectivity index (χ3v) is 6.87. The molecule has 0 N–H and O–H groups in total. The molecular weight excluding hydrogens is 485 g/mol. The van der Waals surface area contributed by atoms with Gasteiger partial charge in [0.2, 0.25) is 11.8 Å². The highest BCUT2D eigenvalue weighted by atomic mass is 127. The number of fused-ring (bicyclic) bond motifs is 1. The zero-order valence-corrected chi connectivity index (χ0v) is 18.3. The minimum absolute atomic E-state index is 0.106. The number of imide groups is 1. The van der Waals surface area contributed by atoms with Crippen molar-refractivity contribution in [1.82, 2.24) is 0 Å². The molecule has 4 unspecified atom stereocenters. The second-order valence-electron chi connectivity index (χ2n) is 7.80. The fourth-order valence-corrected chi connectivity index (χ4v) is 5.14. The minimum atomic E-state index is -0.408. The summed E-state index contributed by atoms with van der Waals surface area (Å²) in [6, 6.07) is 27.6. The van der Waals surface area contributed by atoms with Crippen LogP contribution in [-0.4, -0.2) is 11.8 Å². The van der Waals surface area contributed by atoms with Crippen LogP contribution >= 0.6 is 22.6 Å². The summed E-state index contributed by atoms with van der Waals surface area (Å²) in [5.74, 6) is -1.25. The molecule has 5 rings (SSSR count). The van der Waals surface area contributed by atoms with Gasteiger partial charge < -0.3 is 0 Å². The van der Waals surface area contributed by atoms with Crippen LogP contribution in [-0.2, 0) is 9.59 Å². The third-order valence-electron chi connectivity index (χ3n) is 6.15. The molecule has 1 aliphatic carbocycles. The number of hydrogen-bond acceptors (Lipinski definition) is 2. The summed E-state index contributed by atoms with van der Waals surface area (Å²) in [6.45, 7) is 0. The molecule has 2 amide bonds. The van der Waals surface area contributed by atoms with Gasteiger partial charge in [-0.15, -0.1) is 0 Å². The van der Waals surface area contributed by atoms with Crippen molar-refractivity contribution in [3.63, 3.8) is 0 Å². The molecule has 0 spiro atoms. The van der Waals surface area contributed by atoms with E-state index >= 15 is 0 Å². The second-order valence-corrected chi connectivity index (χ2v) is 9.04. The number of carbonyl (C=O) groups excluding carboxylic acids is 2. The summed E-state index contributed by atoms with van der Waals surface area (Å²) in [4.78, 5) is 28.7. The van der Waals surface area contributed by atoms with Crippen LogP contribution in [0.1, 0.15) is 23.0 Å². The maximum Gasteiger partial charge on any atom is 0.238 e. The summed E-state index contributed by atoms with van der Waals surface area (Å²) in [5.41, 5.74) is 2.79. The van der Waals surface area contributed by atoms with E-state index in [0.29, 0.717) is 5.69 Å². The summed E-state index contributed by atoms with van der Waals surface area (Å²) in [7, 11) is 0. The molecule has 1 heterocycles. The van der Waals surface area contributed by atoms with Gasteiger partial charge in [-0.1, -0.05) is 72.8 Å². The summed E-state index contributed by atoms with van der Waals surface area (Å²) in [6.07, 6.45) is 4.24. The van der Waals surface area contributed by atoms with Crippen LogP contribution < -0.4 is 4.90 Å². The van der Waals surface area contributed by atoms with E-state index in [1.807, 2.05) is 84.9 Å². The van der Waals surface area contributed by atoms with E-state index in [4.69, 9.17) is 0 Å².